The third-order valence-electron chi connectivity index (χ3n) is 3.43. The molecule has 0 saturated carbocycles. The van der Waals surface area contributed by atoms with E-state index in [1.165, 1.54) is 61.8 Å². The Morgan fingerprint density at radius 3 is 3.00 bits per heavy atom. The van der Waals surface area contributed by atoms with Crippen molar-refractivity contribution in [2.45, 2.75) is 51.9 Å². The highest BCUT2D eigenvalue weighted by Gasteiger charge is 2.08. The number of unbranched alkanes of at least 4 members (excludes halogenated alkanes) is 3. The Balaban J connectivity index is 1.90. The highest BCUT2D eigenvalue weighted by atomic mass is 14.9. The minimum Gasteiger partial charge on any atom is -0.385 e. The summed E-state index contributed by atoms with van der Waals surface area (Å²) in [6.07, 6.45) is 9.19. The zero-order chi connectivity index (χ0) is 11.2. The first-order valence-electron chi connectivity index (χ1n) is 6.76. The first-order valence-corrected chi connectivity index (χ1v) is 6.76. The molecule has 1 aliphatic rings. The van der Waals surface area contributed by atoms with Gasteiger partial charge in [0.25, 0.3) is 0 Å². The quantitative estimate of drug-likeness (QED) is 0.730. The van der Waals surface area contributed by atoms with Crippen LogP contribution in [0.4, 0.5) is 5.69 Å². The maximum atomic E-state index is 3.50. The lowest BCUT2D eigenvalue weighted by molar-refractivity contribution is 0.666. The summed E-state index contributed by atoms with van der Waals surface area (Å²) in [5.41, 5.74) is 4.40. The monoisotopic (exact) mass is 217 g/mol. The number of aryl methyl sites for hydroxylation is 2. The van der Waals surface area contributed by atoms with Crippen LogP contribution in [0.5, 0.6) is 0 Å². The molecular formula is C15H23N. The van der Waals surface area contributed by atoms with Crippen LogP contribution in [0.3, 0.4) is 0 Å². The summed E-state index contributed by atoms with van der Waals surface area (Å²) in [5, 5.41) is 3.50. The fourth-order valence-electron chi connectivity index (χ4n) is 2.42. The minimum absolute atomic E-state index is 1.15. The molecule has 1 nitrogen and oxygen atoms in total. The molecule has 0 saturated heterocycles. The van der Waals surface area contributed by atoms with Crippen molar-refractivity contribution < 1.29 is 0 Å². The van der Waals surface area contributed by atoms with E-state index in [0.717, 1.165) is 6.54 Å². The summed E-state index contributed by atoms with van der Waals surface area (Å²) in [4.78, 5) is 0. The zero-order valence-electron chi connectivity index (χ0n) is 10.4. The molecular weight excluding hydrogens is 194 g/mol. The molecule has 16 heavy (non-hydrogen) atoms. The Morgan fingerprint density at radius 1 is 1.19 bits per heavy atom. The summed E-state index contributed by atoms with van der Waals surface area (Å²) < 4.78 is 0. The topological polar surface area (TPSA) is 12.0 Å². The van der Waals surface area contributed by atoms with E-state index in [9.17, 15) is 0 Å². The number of hydrogen-bond donors (Lipinski definition) is 1. The smallest absolute Gasteiger partial charge is 0.0375 e. The lowest BCUT2D eigenvalue weighted by Gasteiger charge is -2.18. The van der Waals surface area contributed by atoms with Crippen molar-refractivity contribution in [2.75, 3.05) is 11.9 Å². The van der Waals surface area contributed by atoms with Crippen molar-refractivity contribution in [1.82, 2.24) is 0 Å². The van der Waals surface area contributed by atoms with E-state index >= 15 is 0 Å². The molecule has 0 atom stereocenters. The van der Waals surface area contributed by atoms with Crippen LogP contribution in [0, 0.1) is 0 Å². The molecule has 1 aliphatic heterocycles. The van der Waals surface area contributed by atoms with Crippen molar-refractivity contribution >= 4 is 5.69 Å². The van der Waals surface area contributed by atoms with E-state index in [0.29, 0.717) is 0 Å². The van der Waals surface area contributed by atoms with E-state index in [2.05, 4.69) is 30.4 Å². The Morgan fingerprint density at radius 2 is 2.12 bits per heavy atom. The molecule has 0 aliphatic carbocycles. The second-order valence-electron chi connectivity index (χ2n) is 4.83. The molecule has 1 heteroatoms. The summed E-state index contributed by atoms with van der Waals surface area (Å²) in [6.45, 7) is 3.41. The van der Waals surface area contributed by atoms with Gasteiger partial charge in [-0.1, -0.05) is 38.3 Å². The van der Waals surface area contributed by atoms with Gasteiger partial charge in [0.05, 0.1) is 0 Å². The van der Waals surface area contributed by atoms with Crippen molar-refractivity contribution in [3.63, 3.8) is 0 Å². The largest absolute Gasteiger partial charge is 0.385 e. The van der Waals surface area contributed by atoms with E-state index < -0.39 is 0 Å². The number of benzene rings is 1. The third kappa shape index (κ3) is 3.01. The van der Waals surface area contributed by atoms with Gasteiger partial charge in [-0.3, -0.25) is 0 Å². The maximum absolute atomic E-state index is 3.50. The van der Waals surface area contributed by atoms with Crippen LogP contribution in [0.2, 0.25) is 0 Å². The average molecular weight is 217 g/mol. The molecule has 0 amide bonds. The molecule has 1 aromatic rings. The van der Waals surface area contributed by atoms with Gasteiger partial charge >= 0.3 is 0 Å². The molecule has 0 aromatic heterocycles. The Hall–Kier alpha value is -0.980. The van der Waals surface area contributed by atoms with Crippen LogP contribution >= 0.6 is 0 Å². The van der Waals surface area contributed by atoms with Gasteiger partial charge in [0.1, 0.15) is 0 Å². The van der Waals surface area contributed by atoms with Crippen molar-refractivity contribution in [1.29, 1.82) is 0 Å². The molecule has 0 fully saturated rings. The van der Waals surface area contributed by atoms with Crippen LogP contribution in [0.1, 0.15) is 50.2 Å². The van der Waals surface area contributed by atoms with E-state index in [1.54, 1.807) is 0 Å². The van der Waals surface area contributed by atoms with Gasteiger partial charge in [-0.15, -0.1) is 0 Å². The van der Waals surface area contributed by atoms with Crippen LogP contribution in [-0.4, -0.2) is 6.54 Å². The second-order valence-corrected chi connectivity index (χ2v) is 4.83. The molecule has 1 heterocycles. The molecule has 0 spiro atoms. The maximum Gasteiger partial charge on any atom is 0.0375 e. The first-order chi connectivity index (χ1) is 7.90. The predicted octanol–water partition coefficient (Wildman–Crippen LogP) is 4.17. The Labute approximate surface area is 99.3 Å². The first kappa shape index (κ1) is 11.5. The lowest BCUT2D eigenvalue weighted by atomic mass is 9.99. The molecule has 2 rings (SSSR count). The SMILES string of the molecule is CCCCCCc1ccc2c(c1)NCCC2. The predicted molar refractivity (Wildman–Crippen MR) is 71.1 cm³/mol. The average Bonchev–Trinajstić information content (AvgIpc) is 2.34. The number of anilines is 1. The standard InChI is InChI=1S/C15H23N/c1-2-3-4-5-7-13-9-10-14-8-6-11-16-15(14)12-13/h9-10,12,16H,2-8,11H2,1H3. The fraction of sp³-hybridized carbons (Fsp3) is 0.600. The molecule has 0 bridgehead atoms. The molecule has 1 N–H and O–H groups in total. The summed E-state index contributed by atoms with van der Waals surface area (Å²) in [7, 11) is 0. The van der Waals surface area contributed by atoms with Crippen molar-refractivity contribution in [3.05, 3.63) is 29.3 Å². The number of fused-ring (bicyclic) bond motifs is 1. The third-order valence-corrected chi connectivity index (χ3v) is 3.43. The molecule has 0 radical (unpaired) electrons. The summed E-state index contributed by atoms with van der Waals surface area (Å²) >= 11 is 0. The van der Waals surface area contributed by atoms with E-state index in [1.807, 2.05) is 0 Å². The molecule has 1 aromatic carbocycles. The lowest BCUT2D eigenvalue weighted by Crippen LogP contribution is -2.11. The zero-order valence-corrected chi connectivity index (χ0v) is 10.4. The molecule has 88 valence electrons. The molecule has 0 unspecified atom stereocenters. The van der Waals surface area contributed by atoms with Crippen LogP contribution in [0.25, 0.3) is 0 Å². The number of hydrogen-bond acceptors (Lipinski definition) is 1. The van der Waals surface area contributed by atoms with Crippen LogP contribution in [-0.2, 0) is 12.8 Å². The van der Waals surface area contributed by atoms with Gasteiger partial charge in [0.15, 0.2) is 0 Å². The summed E-state index contributed by atoms with van der Waals surface area (Å²) in [5.74, 6) is 0. The van der Waals surface area contributed by atoms with Crippen LogP contribution in [0.15, 0.2) is 18.2 Å². The van der Waals surface area contributed by atoms with E-state index in [4.69, 9.17) is 0 Å². The summed E-state index contributed by atoms with van der Waals surface area (Å²) in [6, 6.07) is 6.99. The van der Waals surface area contributed by atoms with Crippen molar-refractivity contribution in [3.8, 4) is 0 Å². The Bertz CT molecular complexity index is 330. The van der Waals surface area contributed by atoms with Gasteiger partial charge in [0.2, 0.25) is 0 Å². The van der Waals surface area contributed by atoms with Gasteiger partial charge in [0, 0.05) is 12.2 Å². The Kier molecular flexibility index (Phi) is 4.26. The normalized spacial score (nSPS) is 14.3. The van der Waals surface area contributed by atoms with Crippen LogP contribution < -0.4 is 5.32 Å². The fourth-order valence-corrected chi connectivity index (χ4v) is 2.42. The van der Waals surface area contributed by atoms with Crippen molar-refractivity contribution in [2.24, 2.45) is 0 Å². The van der Waals surface area contributed by atoms with Gasteiger partial charge in [-0.25, -0.2) is 0 Å². The number of rotatable bonds is 5. The second kappa shape index (κ2) is 5.93. The highest BCUT2D eigenvalue weighted by Crippen LogP contribution is 2.23. The van der Waals surface area contributed by atoms with Gasteiger partial charge < -0.3 is 5.32 Å². The number of nitrogens with one attached hydrogen (secondary N) is 1. The van der Waals surface area contributed by atoms with Gasteiger partial charge in [-0.2, -0.15) is 0 Å². The van der Waals surface area contributed by atoms with E-state index in [-0.39, 0.29) is 0 Å². The van der Waals surface area contributed by atoms with Gasteiger partial charge in [-0.05, 0) is 42.9 Å². The minimum atomic E-state index is 1.15. The highest BCUT2D eigenvalue weighted by molar-refractivity contribution is 5.54.